The Balaban J connectivity index is 1.34. The fourth-order valence-corrected chi connectivity index (χ4v) is 4.49. The van der Waals surface area contributed by atoms with Gasteiger partial charge in [0.1, 0.15) is 0 Å². The first-order valence-corrected chi connectivity index (χ1v) is 8.67. The van der Waals surface area contributed by atoms with Gasteiger partial charge in [-0.25, -0.2) is 4.79 Å². The number of urea groups is 1. The van der Waals surface area contributed by atoms with Gasteiger partial charge in [0.05, 0.1) is 12.2 Å². The van der Waals surface area contributed by atoms with Crippen LogP contribution in [0, 0.1) is 11.8 Å². The van der Waals surface area contributed by atoms with Crippen LogP contribution in [-0.4, -0.2) is 34.5 Å². The number of hydrogen-bond acceptors (Lipinski definition) is 3. The second-order valence-electron chi connectivity index (χ2n) is 7.25. The molecule has 0 bridgehead atoms. The Kier molecular flexibility index (Phi) is 3.77. The van der Waals surface area contributed by atoms with Crippen molar-refractivity contribution in [3.63, 3.8) is 0 Å². The zero-order valence-corrected chi connectivity index (χ0v) is 13.2. The van der Waals surface area contributed by atoms with E-state index >= 15 is 0 Å². The summed E-state index contributed by atoms with van der Waals surface area (Å²) in [5.41, 5.74) is 3.59. The van der Waals surface area contributed by atoms with E-state index in [4.69, 9.17) is 0 Å². The Morgan fingerprint density at radius 2 is 1.83 bits per heavy atom. The molecule has 1 aromatic carbocycles. The SMILES string of the molecule is O=C(Nc1ccc2c(c1)CCCC2)N[C@H]1C[C@H]2[C@H](O)[C@H](O)C[C@H]21. The molecule has 1 aromatic rings. The molecule has 4 N–H and O–H groups in total. The molecule has 2 fully saturated rings. The van der Waals surface area contributed by atoms with Gasteiger partial charge in [0.2, 0.25) is 0 Å². The first-order valence-electron chi connectivity index (χ1n) is 8.67. The Morgan fingerprint density at radius 3 is 2.61 bits per heavy atom. The number of amides is 2. The van der Waals surface area contributed by atoms with Crippen molar-refractivity contribution >= 4 is 11.7 Å². The van der Waals surface area contributed by atoms with E-state index < -0.39 is 12.2 Å². The van der Waals surface area contributed by atoms with E-state index in [9.17, 15) is 15.0 Å². The Hall–Kier alpha value is -1.59. The van der Waals surface area contributed by atoms with Crippen molar-refractivity contribution in [2.75, 3.05) is 5.32 Å². The molecule has 0 unspecified atom stereocenters. The number of nitrogens with one attached hydrogen (secondary N) is 2. The zero-order chi connectivity index (χ0) is 16.0. The molecule has 2 amide bonds. The van der Waals surface area contributed by atoms with Crippen molar-refractivity contribution in [1.29, 1.82) is 0 Å². The summed E-state index contributed by atoms with van der Waals surface area (Å²) in [5, 5.41) is 25.4. The molecular weight excluding hydrogens is 292 g/mol. The molecule has 5 nitrogen and oxygen atoms in total. The first kappa shape index (κ1) is 15.0. The van der Waals surface area contributed by atoms with Gasteiger partial charge in [-0.2, -0.15) is 0 Å². The lowest BCUT2D eigenvalue weighted by atomic mass is 9.71. The van der Waals surface area contributed by atoms with E-state index in [1.165, 1.54) is 24.0 Å². The maximum atomic E-state index is 12.2. The highest BCUT2D eigenvalue weighted by Gasteiger charge is 2.53. The van der Waals surface area contributed by atoms with Gasteiger partial charge >= 0.3 is 6.03 Å². The highest BCUT2D eigenvalue weighted by atomic mass is 16.3. The van der Waals surface area contributed by atoms with Crippen LogP contribution >= 0.6 is 0 Å². The normalized spacial score (nSPS) is 35.0. The molecular formula is C18H24N2O3. The summed E-state index contributed by atoms with van der Waals surface area (Å²) in [5.74, 6) is 0.341. The molecule has 0 aromatic heterocycles. The lowest BCUT2D eigenvalue weighted by Gasteiger charge is -2.41. The molecule has 5 atom stereocenters. The number of rotatable bonds is 2. The van der Waals surface area contributed by atoms with Gasteiger partial charge in [0, 0.05) is 11.7 Å². The molecule has 23 heavy (non-hydrogen) atoms. The van der Waals surface area contributed by atoms with Gasteiger partial charge in [-0.15, -0.1) is 0 Å². The number of aliphatic hydroxyl groups excluding tert-OH is 2. The molecule has 3 aliphatic rings. The van der Waals surface area contributed by atoms with E-state index in [0.29, 0.717) is 6.42 Å². The average molecular weight is 316 g/mol. The van der Waals surface area contributed by atoms with Gasteiger partial charge in [-0.3, -0.25) is 0 Å². The van der Waals surface area contributed by atoms with Crippen molar-refractivity contribution < 1.29 is 15.0 Å². The second kappa shape index (κ2) is 5.80. The predicted octanol–water partition coefficient (Wildman–Crippen LogP) is 1.82. The lowest BCUT2D eigenvalue weighted by molar-refractivity contribution is -0.00332. The second-order valence-corrected chi connectivity index (χ2v) is 7.25. The first-order chi connectivity index (χ1) is 11.1. The van der Waals surface area contributed by atoms with Crippen molar-refractivity contribution in [2.24, 2.45) is 11.8 Å². The smallest absolute Gasteiger partial charge is 0.319 e. The van der Waals surface area contributed by atoms with E-state index in [-0.39, 0.29) is 23.9 Å². The van der Waals surface area contributed by atoms with Crippen LogP contribution in [0.2, 0.25) is 0 Å². The third-order valence-electron chi connectivity index (χ3n) is 5.86. The summed E-state index contributed by atoms with van der Waals surface area (Å²) >= 11 is 0. The van der Waals surface area contributed by atoms with Gasteiger partial charge in [0.25, 0.3) is 0 Å². The summed E-state index contributed by atoms with van der Waals surface area (Å²) < 4.78 is 0. The maximum absolute atomic E-state index is 12.2. The number of hydrogen-bond donors (Lipinski definition) is 4. The number of aliphatic hydroxyl groups is 2. The van der Waals surface area contributed by atoms with Crippen LogP contribution < -0.4 is 10.6 Å². The average Bonchev–Trinajstić information content (AvgIpc) is 2.76. The number of anilines is 1. The van der Waals surface area contributed by atoms with Crippen LogP contribution in [0.25, 0.3) is 0 Å². The molecule has 0 heterocycles. The van der Waals surface area contributed by atoms with Gasteiger partial charge in [-0.1, -0.05) is 6.07 Å². The summed E-state index contributed by atoms with van der Waals surface area (Å²) in [4.78, 5) is 12.2. The van der Waals surface area contributed by atoms with Gasteiger partial charge in [0.15, 0.2) is 0 Å². The molecule has 3 aliphatic carbocycles. The summed E-state index contributed by atoms with van der Waals surface area (Å²) in [6.45, 7) is 0. The van der Waals surface area contributed by atoms with E-state index in [1.807, 2.05) is 6.07 Å². The number of carbonyl (C=O) groups is 1. The Morgan fingerprint density at radius 1 is 1.04 bits per heavy atom. The van der Waals surface area contributed by atoms with Crippen molar-refractivity contribution in [2.45, 2.75) is 56.8 Å². The third kappa shape index (κ3) is 2.72. The minimum Gasteiger partial charge on any atom is -0.390 e. The number of benzene rings is 1. The largest absolute Gasteiger partial charge is 0.390 e. The van der Waals surface area contributed by atoms with Crippen molar-refractivity contribution in [1.82, 2.24) is 5.32 Å². The van der Waals surface area contributed by atoms with E-state index in [2.05, 4.69) is 22.8 Å². The van der Waals surface area contributed by atoms with Crippen LogP contribution in [0.1, 0.15) is 36.8 Å². The van der Waals surface area contributed by atoms with Crippen LogP contribution in [0.3, 0.4) is 0 Å². The molecule has 0 spiro atoms. The van der Waals surface area contributed by atoms with Gasteiger partial charge < -0.3 is 20.8 Å². The number of aryl methyl sites for hydroxylation is 2. The molecule has 124 valence electrons. The van der Waals surface area contributed by atoms with Crippen LogP contribution in [0.15, 0.2) is 18.2 Å². The van der Waals surface area contributed by atoms with Crippen molar-refractivity contribution in [3.05, 3.63) is 29.3 Å². The van der Waals surface area contributed by atoms with Gasteiger partial charge in [-0.05, 0) is 73.6 Å². The Labute approximate surface area is 136 Å². The molecule has 0 saturated heterocycles. The summed E-state index contributed by atoms with van der Waals surface area (Å²) in [6, 6.07) is 6.04. The fourth-order valence-electron chi connectivity index (χ4n) is 4.49. The van der Waals surface area contributed by atoms with Crippen LogP contribution in [-0.2, 0) is 12.8 Å². The fraction of sp³-hybridized carbons (Fsp3) is 0.611. The summed E-state index contributed by atoms with van der Waals surface area (Å²) in [7, 11) is 0. The zero-order valence-electron chi connectivity index (χ0n) is 13.2. The van der Waals surface area contributed by atoms with Crippen LogP contribution in [0.5, 0.6) is 0 Å². The number of carbonyl (C=O) groups excluding carboxylic acids is 1. The van der Waals surface area contributed by atoms with Crippen LogP contribution in [0.4, 0.5) is 10.5 Å². The maximum Gasteiger partial charge on any atom is 0.319 e. The van der Waals surface area contributed by atoms with E-state index in [0.717, 1.165) is 24.9 Å². The third-order valence-corrected chi connectivity index (χ3v) is 5.86. The minimum atomic E-state index is -0.638. The predicted molar refractivity (Wildman–Crippen MR) is 87.3 cm³/mol. The molecule has 4 rings (SSSR count). The molecule has 0 aliphatic heterocycles. The standard InChI is InChI=1S/C18H24N2O3/c21-16-9-13-14(17(16)22)8-15(13)20-18(23)19-12-6-5-10-3-1-2-4-11(10)7-12/h5-7,13-17,21-22H,1-4,8-9H2,(H2,19,20,23)/t13-,14-,15+,16-,17+/m1/s1. The molecule has 2 saturated carbocycles. The molecule has 0 radical (unpaired) electrons. The van der Waals surface area contributed by atoms with Crippen molar-refractivity contribution in [3.8, 4) is 0 Å². The highest BCUT2D eigenvalue weighted by Crippen LogP contribution is 2.47. The number of fused-ring (bicyclic) bond motifs is 2. The molecule has 5 heteroatoms. The summed E-state index contributed by atoms with van der Waals surface area (Å²) in [6.07, 6.45) is 4.77. The monoisotopic (exact) mass is 316 g/mol. The topological polar surface area (TPSA) is 81.6 Å². The quantitative estimate of drug-likeness (QED) is 0.672. The minimum absolute atomic E-state index is 0.0597. The Bertz CT molecular complexity index is 618. The highest BCUT2D eigenvalue weighted by molar-refractivity contribution is 5.89. The van der Waals surface area contributed by atoms with E-state index in [1.54, 1.807) is 0 Å². The lowest BCUT2D eigenvalue weighted by Crippen LogP contribution is -2.53.